The van der Waals surface area contributed by atoms with Crippen molar-refractivity contribution in [1.82, 2.24) is 4.90 Å². The van der Waals surface area contributed by atoms with Crippen LogP contribution < -0.4 is 5.11 Å². The molecule has 11 heavy (non-hydrogen) atoms. The largest absolute Gasteiger partial charge is 0.860 e. The minimum Gasteiger partial charge on any atom is -0.860 e. The lowest BCUT2D eigenvalue weighted by molar-refractivity contribution is -0.323. The maximum atomic E-state index is 11.0. The molecule has 0 aromatic rings. The number of ether oxygens (including phenoxy) is 1. The van der Waals surface area contributed by atoms with Crippen LogP contribution in [0.2, 0.25) is 0 Å². The molecule has 0 aromatic heterocycles. The van der Waals surface area contributed by atoms with Crippen LogP contribution in [0, 0.1) is 7.05 Å². The molecule has 61 valence electrons. The minimum absolute atomic E-state index is 0.392. The predicted molar refractivity (Wildman–Crippen MR) is 35.7 cm³/mol. The maximum absolute atomic E-state index is 11.0. The van der Waals surface area contributed by atoms with Crippen molar-refractivity contribution in [3.05, 3.63) is 19.0 Å². The van der Waals surface area contributed by atoms with E-state index in [1.165, 1.54) is 6.08 Å². The smallest absolute Gasteiger partial charge is 0.259 e. The molecule has 1 atom stereocenters. The number of carbonyl (C=O) groups is 1. The highest BCUT2D eigenvalue weighted by Gasteiger charge is 2.25. The van der Waals surface area contributed by atoms with Gasteiger partial charge in [-0.2, -0.15) is 0 Å². The second-order valence-electron chi connectivity index (χ2n) is 2.15. The predicted octanol–water partition coefficient (Wildman–Crippen LogP) is -0.773. The number of nitrogens with zero attached hydrogens (tertiary/aromatic N) is 1. The Balaban J connectivity index is 2.65. The Bertz CT molecular complexity index is 200. The van der Waals surface area contributed by atoms with E-state index in [1.807, 2.05) is 0 Å². The highest BCUT2D eigenvalue weighted by atomic mass is 16.5. The van der Waals surface area contributed by atoms with Crippen LogP contribution in [-0.2, 0) is 9.53 Å². The van der Waals surface area contributed by atoms with Gasteiger partial charge in [-0.3, -0.25) is 4.79 Å². The van der Waals surface area contributed by atoms with Crippen LogP contribution in [-0.4, -0.2) is 23.5 Å². The molecule has 1 unspecified atom stereocenters. The maximum Gasteiger partial charge on any atom is 0.259 e. The molecule has 0 fully saturated rings. The van der Waals surface area contributed by atoms with Crippen LogP contribution in [0.15, 0.2) is 12.0 Å². The fourth-order valence-electron chi connectivity index (χ4n) is 0.852. The van der Waals surface area contributed by atoms with Gasteiger partial charge < -0.3 is 14.7 Å². The van der Waals surface area contributed by atoms with Gasteiger partial charge in [0.1, 0.15) is 0 Å². The van der Waals surface area contributed by atoms with Gasteiger partial charge in [0.15, 0.2) is 6.10 Å². The molecule has 1 rings (SSSR count). The fourth-order valence-corrected chi connectivity index (χ4v) is 0.852. The average Bonchev–Trinajstić information content (AvgIpc) is 2.19. The summed E-state index contributed by atoms with van der Waals surface area (Å²) in [6.07, 6.45) is 0.503. The van der Waals surface area contributed by atoms with E-state index in [-0.39, 0.29) is 0 Å². The molecule has 1 aliphatic rings. The molecule has 4 heteroatoms. The van der Waals surface area contributed by atoms with Crippen LogP contribution >= 0.6 is 0 Å². The molecule has 0 N–H and O–H groups in total. The van der Waals surface area contributed by atoms with E-state index in [0.717, 1.165) is 4.90 Å². The summed E-state index contributed by atoms with van der Waals surface area (Å²) in [5.41, 5.74) is 0. The van der Waals surface area contributed by atoms with E-state index in [4.69, 9.17) is 4.74 Å². The topological polar surface area (TPSA) is 52.6 Å². The number of hydrogen-bond donors (Lipinski definition) is 0. The lowest BCUT2D eigenvalue weighted by Gasteiger charge is -2.17. The van der Waals surface area contributed by atoms with Gasteiger partial charge in [0.25, 0.3) is 5.91 Å². The molecule has 0 saturated carbocycles. The van der Waals surface area contributed by atoms with Crippen molar-refractivity contribution in [3.63, 3.8) is 0 Å². The number of hydrogen-bond acceptors (Lipinski definition) is 3. The van der Waals surface area contributed by atoms with E-state index in [2.05, 4.69) is 7.05 Å². The van der Waals surface area contributed by atoms with Crippen molar-refractivity contribution in [2.75, 3.05) is 6.61 Å². The van der Waals surface area contributed by atoms with Crippen molar-refractivity contribution in [1.29, 1.82) is 0 Å². The molecular weight excluding hydrogens is 146 g/mol. The zero-order chi connectivity index (χ0) is 8.43. The zero-order valence-corrected chi connectivity index (χ0v) is 6.24. The van der Waals surface area contributed by atoms with Gasteiger partial charge in [-0.1, -0.05) is 0 Å². The van der Waals surface area contributed by atoms with Crippen molar-refractivity contribution in [2.45, 2.75) is 13.0 Å². The molecule has 0 bridgehead atoms. The second-order valence-corrected chi connectivity index (χ2v) is 2.15. The first kappa shape index (κ1) is 8.07. The SMILES string of the molecule is [CH2]N1C(=O)C(OCC)C=C1[O-]. The molecule has 0 aromatic carbocycles. The quantitative estimate of drug-likeness (QED) is 0.526. The van der Waals surface area contributed by atoms with E-state index in [9.17, 15) is 9.90 Å². The fraction of sp³-hybridized carbons (Fsp3) is 0.429. The Morgan fingerprint density at radius 1 is 1.91 bits per heavy atom. The molecule has 1 amide bonds. The Labute approximate surface area is 65.1 Å². The second kappa shape index (κ2) is 2.92. The molecule has 0 saturated heterocycles. The van der Waals surface area contributed by atoms with Crippen LogP contribution in [0.25, 0.3) is 0 Å². The Morgan fingerprint density at radius 2 is 2.55 bits per heavy atom. The van der Waals surface area contributed by atoms with E-state index < -0.39 is 17.9 Å². The Morgan fingerprint density at radius 3 is 2.91 bits per heavy atom. The third kappa shape index (κ3) is 1.35. The van der Waals surface area contributed by atoms with Crippen LogP contribution in [0.5, 0.6) is 0 Å². The number of amides is 1. The summed E-state index contributed by atoms with van der Waals surface area (Å²) in [5.74, 6) is -0.787. The van der Waals surface area contributed by atoms with Crippen molar-refractivity contribution >= 4 is 5.91 Å². The lowest BCUT2D eigenvalue weighted by atomic mass is 10.4. The molecule has 0 aliphatic carbocycles. The van der Waals surface area contributed by atoms with Crippen molar-refractivity contribution in [3.8, 4) is 0 Å². The normalized spacial score (nSPS) is 24.2. The van der Waals surface area contributed by atoms with Gasteiger partial charge in [0.2, 0.25) is 0 Å². The van der Waals surface area contributed by atoms with Gasteiger partial charge >= 0.3 is 0 Å². The monoisotopic (exact) mass is 155 g/mol. The first-order valence-electron chi connectivity index (χ1n) is 3.31. The van der Waals surface area contributed by atoms with Gasteiger partial charge in [-0.05, 0) is 18.9 Å². The van der Waals surface area contributed by atoms with E-state index in [0.29, 0.717) is 6.61 Å². The molecule has 1 radical (unpaired) electrons. The van der Waals surface area contributed by atoms with E-state index >= 15 is 0 Å². The third-order valence-corrected chi connectivity index (χ3v) is 1.42. The molecule has 0 spiro atoms. The summed E-state index contributed by atoms with van der Waals surface area (Å²) in [6, 6.07) is 0. The summed E-state index contributed by atoms with van der Waals surface area (Å²) in [5, 5.41) is 10.8. The van der Waals surface area contributed by atoms with Crippen molar-refractivity contribution in [2.24, 2.45) is 0 Å². The van der Waals surface area contributed by atoms with Crippen LogP contribution in [0.4, 0.5) is 0 Å². The number of carbonyl (C=O) groups excluding carboxylic acids is 1. The zero-order valence-electron chi connectivity index (χ0n) is 6.24. The molecule has 4 nitrogen and oxygen atoms in total. The summed E-state index contributed by atoms with van der Waals surface area (Å²) < 4.78 is 4.95. The summed E-state index contributed by atoms with van der Waals surface area (Å²) in [4.78, 5) is 11.8. The van der Waals surface area contributed by atoms with E-state index in [1.54, 1.807) is 6.92 Å². The van der Waals surface area contributed by atoms with Gasteiger partial charge in [-0.25, -0.2) is 0 Å². The van der Waals surface area contributed by atoms with Crippen LogP contribution in [0.3, 0.4) is 0 Å². The van der Waals surface area contributed by atoms with Gasteiger partial charge in [0.05, 0.1) is 0 Å². The third-order valence-electron chi connectivity index (χ3n) is 1.42. The van der Waals surface area contributed by atoms with Crippen LogP contribution in [0.1, 0.15) is 6.92 Å². The van der Waals surface area contributed by atoms with Gasteiger partial charge in [0, 0.05) is 13.7 Å². The first-order chi connectivity index (χ1) is 5.16. The Kier molecular flexibility index (Phi) is 2.14. The standard InChI is InChI=1S/C7H10NO3/c1-3-11-5-4-6(9)8(2)7(5)10/h4-5,9H,2-3H2,1H3/p-1. The van der Waals surface area contributed by atoms with Crippen molar-refractivity contribution < 1.29 is 14.6 Å². The first-order valence-corrected chi connectivity index (χ1v) is 3.31. The summed E-state index contributed by atoms with van der Waals surface area (Å²) in [6.45, 7) is 2.17. The molecular formula is C7H9NO3-. The highest BCUT2D eigenvalue weighted by Crippen LogP contribution is 2.13. The minimum atomic E-state index is -0.718. The Hall–Kier alpha value is -1.03. The highest BCUT2D eigenvalue weighted by molar-refractivity contribution is 5.87. The van der Waals surface area contributed by atoms with Gasteiger partial charge in [-0.15, -0.1) is 0 Å². The lowest BCUT2D eigenvalue weighted by Crippen LogP contribution is -2.30. The average molecular weight is 155 g/mol. The summed E-state index contributed by atoms with van der Waals surface area (Å²) in [7, 11) is 3.26. The molecule has 1 aliphatic heterocycles. The molecule has 1 heterocycles. The number of rotatable bonds is 2. The summed E-state index contributed by atoms with van der Waals surface area (Å²) >= 11 is 0.